The Morgan fingerprint density at radius 1 is 1.05 bits per heavy atom. The van der Waals surface area contributed by atoms with E-state index in [1.807, 2.05) is 24.3 Å². The molecule has 0 bridgehead atoms. The molecule has 1 N–H and O–H groups in total. The highest BCUT2D eigenvalue weighted by atomic mass is 35.5. The summed E-state index contributed by atoms with van der Waals surface area (Å²) >= 11 is 7.72. The first-order valence-electron chi connectivity index (χ1n) is 6.81. The van der Waals surface area contributed by atoms with Crippen LogP contribution in [0.4, 0.5) is 4.39 Å². The summed E-state index contributed by atoms with van der Waals surface area (Å²) in [5.74, 6) is -0.211. The van der Waals surface area contributed by atoms with Gasteiger partial charge in [0.2, 0.25) is 0 Å². The molecule has 0 atom stereocenters. The van der Waals surface area contributed by atoms with Crippen molar-refractivity contribution in [3.05, 3.63) is 58.9 Å². The van der Waals surface area contributed by atoms with Gasteiger partial charge in [-0.1, -0.05) is 41.6 Å². The van der Waals surface area contributed by atoms with Gasteiger partial charge in [0.05, 0.1) is 0 Å². The zero-order valence-electron chi connectivity index (χ0n) is 12.4. The average Bonchev–Trinajstić information content (AvgIpc) is 2.39. The van der Waals surface area contributed by atoms with Gasteiger partial charge in [-0.2, -0.15) is 0 Å². The largest absolute Gasteiger partial charge is 0.308 e. The smallest absolute Gasteiger partial charge is 0.137 e. The SMILES string of the molecule is CC(C)(C)NCc1c(Cl)cccc1Sc1ccccc1F. The maximum Gasteiger partial charge on any atom is 0.137 e. The van der Waals surface area contributed by atoms with Gasteiger partial charge in [-0.3, -0.25) is 0 Å². The van der Waals surface area contributed by atoms with Crippen LogP contribution in [0.25, 0.3) is 0 Å². The molecule has 0 spiro atoms. The average molecular weight is 324 g/mol. The van der Waals surface area contributed by atoms with Crippen molar-refractivity contribution in [2.75, 3.05) is 0 Å². The normalized spacial score (nSPS) is 11.7. The van der Waals surface area contributed by atoms with E-state index in [1.54, 1.807) is 12.1 Å². The minimum Gasteiger partial charge on any atom is -0.308 e. The second kappa shape index (κ2) is 6.82. The third-order valence-electron chi connectivity index (χ3n) is 2.93. The zero-order chi connectivity index (χ0) is 15.5. The van der Waals surface area contributed by atoms with Gasteiger partial charge in [0.15, 0.2) is 0 Å². The first-order chi connectivity index (χ1) is 9.87. The summed E-state index contributed by atoms with van der Waals surface area (Å²) in [5.41, 5.74) is 1.00. The van der Waals surface area contributed by atoms with Gasteiger partial charge >= 0.3 is 0 Å². The van der Waals surface area contributed by atoms with Crippen molar-refractivity contribution in [3.8, 4) is 0 Å². The molecule has 4 heteroatoms. The molecular weight excluding hydrogens is 305 g/mol. The summed E-state index contributed by atoms with van der Waals surface area (Å²) in [6.07, 6.45) is 0. The lowest BCUT2D eigenvalue weighted by Crippen LogP contribution is -2.35. The molecule has 0 aromatic heterocycles. The summed E-state index contributed by atoms with van der Waals surface area (Å²) in [4.78, 5) is 1.58. The van der Waals surface area contributed by atoms with Crippen LogP contribution in [0.2, 0.25) is 5.02 Å². The maximum atomic E-state index is 13.8. The molecule has 0 heterocycles. The Bertz CT molecular complexity index is 622. The number of rotatable bonds is 4. The summed E-state index contributed by atoms with van der Waals surface area (Å²) in [7, 11) is 0. The maximum absolute atomic E-state index is 13.8. The van der Waals surface area contributed by atoms with E-state index in [9.17, 15) is 4.39 Å². The van der Waals surface area contributed by atoms with Crippen LogP contribution in [0.3, 0.4) is 0 Å². The second-order valence-corrected chi connectivity index (χ2v) is 7.34. The van der Waals surface area contributed by atoms with Crippen molar-refractivity contribution in [3.63, 3.8) is 0 Å². The number of hydrogen-bond donors (Lipinski definition) is 1. The van der Waals surface area contributed by atoms with Gasteiger partial charge in [0.25, 0.3) is 0 Å². The van der Waals surface area contributed by atoms with Gasteiger partial charge in [0.1, 0.15) is 5.82 Å². The molecule has 0 radical (unpaired) electrons. The van der Waals surface area contributed by atoms with Gasteiger partial charge in [-0.25, -0.2) is 4.39 Å². The highest BCUT2D eigenvalue weighted by Crippen LogP contribution is 2.35. The Kier molecular flexibility index (Phi) is 5.31. The minimum absolute atomic E-state index is 0.000889. The predicted octanol–water partition coefficient (Wildman–Crippen LogP) is 5.52. The fraction of sp³-hybridized carbons (Fsp3) is 0.294. The molecule has 2 aromatic carbocycles. The van der Waals surface area contributed by atoms with E-state index >= 15 is 0 Å². The third-order valence-corrected chi connectivity index (χ3v) is 4.44. The third kappa shape index (κ3) is 4.73. The fourth-order valence-corrected chi connectivity index (χ4v) is 3.10. The van der Waals surface area contributed by atoms with Crippen LogP contribution < -0.4 is 5.32 Å². The van der Waals surface area contributed by atoms with Crippen LogP contribution >= 0.6 is 23.4 Å². The second-order valence-electron chi connectivity index (χ2n) is 5.85. The number of benzene rings is 2. The molecule has 0 aliphatic heterocycles. The lowest BCUT2D eigenvalue weighted by atomic mass is 10.1. The topological polar surface area (TPSA) is 12.0 Å². The molecule has 112 valence electrons. The van der Waals surface area contributed by atoms with E-state index in [1.165, 1.54) is 17.8 Å². The van der Waals surface area contributed by atoms with Crippen LogP contribution in [0.5, 0.6) is 0 Å². The van der Waals surface area contributed by atoms with Crippen molar-refractivity contribution < 1.29 is 4.39 Å². The summed E-state index contributed by atoms with van der Waals surface area (Å²) in [6, 6.07) is 12.5. The van der Waals surface area contributed by atoms with Crippen molar-refractivity contribution in [2.24, 2.45) is 0 Å². The Hall–Kier alpha value is -1.03. The molecule has 0 aliphatic carbocycles. The van der Waals surface area contributed by atoms with Gasteiger partial charge in [-0.05, 0) is 50.6 Å². The molecule has 0 fully saturated rings. The summed E-state index contributed by atoms with van der Waals surface area (Å²) < 4.78 is 13.8. The van der Waals surface area contributed by atoms with Crippen LogP contribution in [-0.4, -0.2) is 5.54 Å². The van der Waals surface area contributed by atoms with E-state index < -0.39 is 0 Å². The van der Waals surface area contributed by atoms with Crippen molar-refractivity contribution in [1.82, 2.24) is 5.32 Å². The highest BCUT2D eigenvalue weighted by Gasteiger charge is 2.14. The fourth-order valence-electron chi connectivity index (χ4n) is 1.81. The standard InChI is InChI=1S/C17H19ClFNS/c1-17(2,3)20-11-12-13(18)7-6-10-15(12)21-16-9-5-4-8-14(16)19/h4-10,20H,11H2,1-3H3. The quantitative estimate of drug-likeness (QED) is 0.795. The zero-order valence-corrected chi connectivity index (χ0v) is 14.0. The van der Waals surface area contributed by atoms with E-state index in [4.69, 9.17) is 11.6 Å². The number of nitrogens with one attached hydrogen (secondary N) is 1. The number of hydrogen-bond acceptors (Lipinski definition) is 2. The first kappa shape index (κ1) is 16.3. The lowest BCUT2D eigenvalue weighted by Gasteiger charge is -2.22. The summed E-state index contributed by atoms with van der Waals surface area (Å²) in [6.45, 7) is 6.97. The molecule has 2 rings (SSSR count). The van der Waals surface area contributed by atoms with Gasteiger partial charge in [-0.15, -0.1) is 0 Å². The molecular formula is C17H19ClFNS. The van der Waals surface area contributed by atoms with Gasteiger partial charge in [0, 0.05) is 26.9 Å². The molecule has 0 saturated heterocycles. The Morgan fingerprint density at radius 2 is 1.71 bits per heavy atom. The molecule has 2 aromatic rings. The molecule has 0 unspecified atom stereocenters. The Morgan fingerprint density at radius 3 is 2.38 bits per heavy atom. The van der Waals surface area contributed by atoms with Crippen LogP contribution in [0, 0.1) is 5.82 Å². The monoisotopic (exact) mass is 323 g/mol. The highest BCUT2D eigenvalue weighted by molar-refractivity contribution is 7.99. The van der Waals surface area contributed by atoms with E-state index in [-0.39, 0.29) is 11.4 Å². The molecule has 1 nitrogen and oxygen atoms in total. The lowest BCUT2D eigenvalue weighted by molar-refractivity contribution is 0.422. The molecule has 0 amide bonds. The summed E-state index contributed by atoms with van der Waals surface area (Å²) in [5, 5.41) is 4.13. The van der Waals surface area contributed by atoms with Crippen molar-refractivity contribution >= 4 is 23.4 Å². The van der Waals surface area contributed by atoms with E-state index in [0.717, 1.165) is 10.5 Å². The molecule has 0 saturated carbocycles. The van der Waals surface area contributed by atoms with Crippen LogP contribution in [0.15, 0.2) is 52.3 Å². The van der Waals surface area contributed by atoms with Gasteiger partial charge < -0.3 is 5.32 Å². The minimum atomic E-state index is -0.211. The molecule has 21 heavy (non-hydrogen) atoms. The van der Waals surface area contributed by atoms with Crippen molar-refractivity contribution in [2.45, 2.75) is 42.6 Å². The van der Waals surface area contributed by atoms with Crippen LogP contribution in [-0.2, 0) is 6.54 Å². The van der Waals surface area contributed by atoms with Crippen molar-refractivity contribution in [1.29, 1.82) is 0 Å². The Balaban J connectivity index is 2.27. The van der Waals surface area contributed by atoms with E-state index in [2.05, 4.69) is 26.1 Å². The van der Waals surface area contributed by atoms with E-state index in [0.29, 0.717) is 16.5 Å². The Labute approximate surface area is 134 Å². The predicted molar refractivity (Wildman–Crippen MR) is 88.6 cm³/mol. The number of halogens is 2. The van der Waals surface area contributed by atoms with Crippen LogP contribution in [0.1, 0.15) is 26.3 Å². The first-order valence-corrected chi connectivity index (χ1v) is 8.01. The molecule has 0 aliphatic rings.